The molecule has 1 aromatic rings. The Morgan fingerprint density at radius 2 is 2.04 bits per heavy atom. The number of nitrogens with zero attached hydrogens (tertiary/aromatic N) is 2. The standard InChI is InChI=1S/C18H34N4OS/c1-6-19-17(20-11-8-9-13-23-7-2)21-12-10-16-22-15(14-24-16)18(3,4)5/h14H,6-13H2,1-5H3,(H2,19,20,21). The fourth-order valence-electron chi connectivity index (χ4n) is 2.05. The van der Waals surface area contributed by atoms with Crippen LogP contribution in [0.1, 0.15) is 58.2 Å². The molecular formula is C18H34N4OS. The Morgan fingerprint density at radius 3 is 2.67 bits per heavy atom. The van der Waals surface area contributed by atoms with Gasteiger partial charge in [-0.1, -0.05) is 20.8 Å². The van der Waals surface area contributed by atoms with Crippen molar-refractivity contribution in [2.45, 2.75) is 59.3 Å². The van der Waals surface area contributed by atoms with Gasteiger partial charge in [0.1, 0.15) is 0 Å². The summed E-state index contributed by atoms with van der Waals surface area (Å²) < 4.78 is 5.34. The van der Waals surface area contributed by atoms with Crippen LogP contribution in [0.25, 0.3) is 0 Å². The van der Waals surface area contributed by atoms with Gasteiger partial charge in [0.25, 0.3) is 0 Å². The van der Waals surface area contributed by atoms with Gasteiger partial charge in [-0.3, -0.25) is 4.99 Å². The lowest BCUT2D eigenvalue weighted by molar-refractivity contribution is 0.144. The molecule has 5 nitrogen and oxygen atoms in total. The van der Waals surface area contributed by atoms with Crippen LogP contribution in [0.15, 0.2) is 10.4 Å². The Hall–Kier alpha value is -1.14. The van der Waals surface area contributed by atoms with E-state index < -0.39 is 0 Å². The first-order chi connectivity index (χ1) is 11.5. The van der Waals surface area contributed by atoms with Crippen molar-refractivity contribution in [3.05, 3.63) is 16.1 Å². The quantitative estimate of drug-likeness (QED) is 0.384. The minimum absolute atomic E-state index is 0.125. The van der Waals surface area contributed by atoms with Crippen LogP contribution in [0.3, 0.4) is 0 Å². The van der Waals surface area contributed by atoms with Crippen LogP contribution >= 0.6 is 11.3 Å². The van der Waals surface area contributed by atoms with E-state index in [4.69, 9.17) is 9.72 Å². The molecule has 0 atom stereocenters. The van der Waals surface area contributed by atoms with E-state index in [1.54, 1.807) is 11.3 Å². The fourth-order valence-corrected chi connectivity index (χ4v) is 3.08. The number of aromatic nitrogens is 1. The Morgan fingerprint density at radius 1 is 1.25 bits per heavy atom. The molecule has 0 saturated heterocycles. The van der Waals surface area contributed by atoms with Crippen molar-refractivity contribution in [2.24, 2.45) is 4.99 Å². The van der Waals surface area contributed by atoms with Gasteiger partial charge in [-0.25, -0.2) is 4.98 Å². The summed E-state index contributed by atoms with van der Waals surface area (Å²) in [4.78, 5) is 9.34. The largest absolute Gasteiger partial charge is 0.382 e. The van der Waals surface area contributed by atoms with Crippen molar-refractivity contribution >= 4 is 17.3 Å². The zero-order valence-electron chi connectivity index (χ0n) is 15.9. The molecule has 0 aliphatic heterocycles. The van der Waals surface area contributed by atoms with Crippen molar-refractivity contribution in [3.63, 3.8) is 0 Å². The zero-order chi connectivity index (χ0) is 17.8. The van der Waals surface area contributed by atoms with Crippen LogP contribution in [-0.2, 0) is 16.6 Å². The first-order valence-corrected chi connectivity index (χ1v) is 9.90. The number of thiazole rings is 1. The maximum atomic E-state index is 5.34. The lowest BCUT2D eigenvalue weighted by Crippen LogP contribution is -2.38. The van der Waals surface area contributed by atoms with E-state index in [9.17, 15) is 0 Å². The number of nitrogens with one attached hydrogen (secondary N) is 2. The van der Waals surface area contributed by atoms with E-state index in [-0.39, 0.29) is 5.41 Å². The van der Waals surface area contributed by atoms with Crippen molar-refractivity contribution in [2.75, 3.05) is 32.8 Å². The summed E-state index contributed by atoms with van der Waals surface area (Å²) in [5.41, 5.74) is 1.30. The highest BCUT2D eigenvalue weighted by molar-refractivity contribution is 7.09. The second-order valence-corrected chi connectivity index (χ2v) is 7.66. The molecule has 0 bridgehead atoms. The third-order valence-corrected chi connectivity index (χ3v) is 4.38. The Kier molecular flexibility index (Phi) is 9.95. The van der Waals surface area contributed by atoms with E-state index in [0.29, 0.717) is 0 Å². The topological polar surface area (TPSA) is 58.5 Å². The van der Waals surface area contributed by atoms with Gasteiger partial charge in [0.15, 0.2) is 5.96 Å². The highest BCUT2D eigenvalue weighted by atomic mass is 32.1. The van der Waals surface area contributed by atoms with Crippen molar-refractivity contribution < 1.29 is 4.74 Å². The number of guanidine groups is 1. The van der Waals surface area contributed by atoms with Crippen LogP contribution in [0.4, 0.5) is 0 Å². The average Bonchev–Trinajstić information content (AvgIpc) is 3.00. The lowest BCUT2D eigenvalue weighted by atomic mass is 9.93. The summed E-state index contributed by atoms with van der Waals surface area (Å²) in [6.45, 7) is 14.9. The van der Waals surface area contributed by atoms with Gasteiger partial charge >= 0.3 is 0 Å². The van der Waals surface area contributed by atoms with Crippen LogP contribution in [0.2, 0.25) is 0 Å². The number of hydrogen-bond donors (Lipinski definition) is 2. The first-order valence-electron chi connectivity index (χ1n) is 9.02. The second-order valence-electron chi connectivity index (χ2n) is 6.72. The zero-order valence-corrected chi connectivity index (χ0v) is 16.8. The van der Waals surface area contributed by atoms with Crippen molar-refractivity contribution in [1.82, 2.24) is 15.6 Å². The summed E-state index contributed by atoms with van der Waals surface area (Å²) in [7, 11) is 0. The first kappa shape index (κ1) is 20.9. The van der Waals surface area contributed by atoms with Crippen LogP contribution in [0.5, 0.6) is 0 Å². The number of aliphatic imine (C=N–C) groups is 1. The van der Waals surface area contributed by atoms with E-state index in [1.807, 2.05) is 6.92 Å². The lowest BCUT2D eigenvalue weighted by Gasteiger charge is -2.14. The van der Waals surface area contributed by atoms with E-state index in [1.165, 1.54) is 10.7 Å². The summed E-state index contributed by atoms with van der Waals surface area (Å²) in [6.07, 6.45) is 3.04. The maximum Gasteiger partial charge on any atom is 0.191 e. The van der Waals surface area contributed by atoms with Crippen molar-refractivity contribution in [3.8, 4) is 0 Å². The minimum Gasteiger partial charge on any atom is -0.382 e. The maximum absolute atomic E-state index is 5.34. The molecule has 0 unspecified atom stereocenters. The molecule has 6 heteroatoms. The summed E-state index contributed by atoms with van der Waals surface area (Å²) in [6, 6.07) is 0. The van der Waals surface area contributed by atoms with Gasteiger partial charge in [0.05, 0.1) is 10.7 Å². The van der Waals surface area contributed by atoms with Crippen molar-refractivity contribution in [1.29, 1.82) is 0 Å². The minimum atomic E-state index is 0.125. The number of unbranched alkanes of at least 4 members (excludes halogenated alkanes) is 1. The smallest absolute Gasteiger partial charge is 0.191 e. The summed E-state index contributed by atoms with van der Waals surface area (Å²) >= 11 is 1.75. The molecule has 1 heterocycles. The van der Waals surface area contributed by atoms with Gasteiger partial charge in [-0.2, -0.15) is 0 Å². The predicted octanol–water partition coefficient (Wildman–Crippen LogP) is 3.35. The summed E-state index contributed by atoms with van der Waals surface area (Å²) in [5, 5.41) is 10.0. The third kappa shape index (κ3) is 8.64. The Balaban J connectivity index is 2.33. The molecule has 138 valence electrons. The molecule has 24 heavy (non-hydrogen) atoms. The second kappa shape index (κ2) is 11.4. The molecule has 0 radical (unpaired) electrons. The molecular weight excluding hydrogens is 320 g/mol. The fraction of sp³-hybridized carbons (Fsp3) is 0.778. The highest BCUT2D eigenvalue weighted by Crippen LogP contribution is 2.23. The Bertz CT molecular complexity index is 480. The molecule has 2 N–H and O–H groups in total. The van der Waals surface area contributed by atoms with E-state index >= 15 is 0 Å². The SMILES string of the molecule is CCNC(=NCCCCOCC)NCCc1nc(C(C)(C)C)cs1. The summed E-state index contributed by atoms with van der Waals surface area (Å²) in [5.74, 6) is 0.890. The number of hydrogen-bond acceptors (Lipinski definition) is 4. The molecule has 1 aromatic heterocycles. The van der Waals surface area contributed by atoms with Gasteiger partial charge in [0.2, 0.25) is 0 Å². The average molecular weight is 355 g/mol. The predicted molar refractivity (Wildman–Crippen MR) is 104 cm³/mol. The highest BCUT2D eigenvalue weighted by Gasteiger charge is 2.17. The molecule has 0 fully saturated rings. The van der Waals surface area contributed by atoms with Crippen LogP contribution < -0.4 is 10.6 Å². The third-order valence-electron chi connectivity index (χ3n) is 3.47. The van der Waals surface area contributed by atoms with E-state index in [2.05, 4.69) is 48.7 Å². The van der Waals surface area contributed by atoms with Gasteiger partial charge in [-0.05, 0) is 26.7 Å². The molecule has 0 aromatic carbocycles. The van der Waals surface area contributed by atoms with Gasteiger partial charge < -0.3 is 15.4 Å². The van der Waals surface area contributed by atoms with Gasteiger partial charge in [-0.15, -0.1) is 11.3 Å². The molecule has 0 aliphatic carbocycles. The Labute approximate surface area is 151 Å². The van der Waals surface area contributed by atoms with Crippen LogP contribution in [0, 0.1) is 0 Å². The molecule has 0 aliphatic rings. The molecule has 0 saturated carbocycles. The van der Waals surface area contributed by atoms with Crippen LogP contribution in [-0.4, -0.2) is 43.8 Å². The van der Waals surface area contributed by atoms with E-state index in [0.717, 1.165) is 58.1 Å². The molecule has 0 spiro atoms. The van der Waals surface area contributed by atoms with Gasteiger partial charge in [0, 0.05) is 50.1 Å². The normalized spacial score (nSPS) is 12.5. The number of ether oxygens (including phenoxy) is 1. The molecule has 1 rings (SSSR count). The molecule has 0 amide bonds. The monoisotopic (exact) mass is 354 g/mol. The number of rotatable bonds is 10.